The summed E-state index contributed by atoms with van der Waals surface area (Å²) in [5.41, 5.74) is 1.74. The third-order valence-electron chi connectivity index (χ3n) is 4.51. The van der Waals surface area contributed by atoms with Crippen molar-refractivity contribution in [2.75, 3.05) is 6.61 Å². The number of carboxylic acid groups (broad SMARTS) is 1. The lowest BCUT2D eigenvalue weighted by Gasteiger charge is -2.29. The highest BCUT2D eigenvalue weighted by atomic mass is 16.5. The van der Waals surface area contributed by atoms with Crippen LogP contribution in [0.1, 0.15) is 44.2 Å². The first-order valence-electron chi connectivity index (χ1n) is 9.15. The molecule has 3 rings (SSSR count). The van der Waals surface area contributed by atoms with Gasteiger partial charge in [-0.2, -0.15) is 0 Å². The lowest BCUT2D eigenvalue weighted by atomic mass is 9.95. The van der Waals surface area contributed by atoms with Crippen molar-refractivity contribution in [3.05, 3.63) is 42.3 Å². The minimum Gasteiger partial charge on any atom is -0.481 e. The van der Waals surface area contributed by atoms with Gasteiger partial charge in [0.2, 0.25) is 5.89 Å². The number of hydrogen-bond donors (Lipinski definition) is 1. The van der Waals surface area contributed by atoms with E-state index in [1.165, 1.54) is 0 Å². The van der Waals surface area contributed by atoms with Crippen LogP contribution in [0.5, 0.6) is 0 Å². The van der Waals surface area contributed by atoms with Gasteiger partial charge < -0.3 is 19.0 Å². The zero-order valence-electron chi connectivity index (χ0n) is 14.8. The van der Waals surface area contributed by atoms with E-state index >= 15 is 0 Å². The average molecular weight is 359 g/mol. The molecule has 1 heterocycles. The maximum absolute atomic E-state index is 10.5. The lowest BCUT2D eigenvalue weighted by molar-refractivity contribution is -0.137. The Bertz CT molecular complexity index is 685. The Balaban J connectivity index is 1.42. The molecule has 1 saturated carbocycles. The monoisotopic (exact) mass is 359 g/mol. The highest BCUT2D eigenvalue weighted by molar-refractivity contribution is 5.66. The fraction of sp³-hybridized carbons (Fsp3) is 0.500. The maximum Gasteiger partial charge on any atom is 0.303 e. The number of carboxylic acids is 1. The van der Waals surface area contributed by atoms with E-state index in [2.05, 4.69) is 4.98 Å². The van der Waals surface area contributed by atoms with Crippen molar-refractivity contribution in [3.63, 3.8) is 0 Å². The molecule has 0 radical (unpaired) electrons. The van der Waals surface area contributed by atoms with Crippen LogP contribution in [0.4, 0.5) is 0 Å². The van der Waals surface area contributed by atoms with Gasteiger partial charge in [-0.3, -0.25) is 4.79 Å². The quantitative estimate of drug-likeness (QED) is 0.680. The molecule has 0 saturated heterocycles. The van der Waals surface area contributed by atoms with Crippen molar-refractivity contribution in [2.24, 2.45) is 0 Å². The van der Waals surface area contributed by atoms with E-state index in [0.717, 1.165) is 36.9 Å². The van der Waals surface area contributed by atoms with E-state index in [1.807, 2.05) is 30.3 Å². The first kappa shape index (κ1) is 18.6. The van der Waals surface area contributed by atoms with Gasteiger partial charge in [-0.15, -0.1) is 0 Å². The van der Waals surface area contributed by atoms with E-state index in [4.69, 9.17) is 19.0 Å². The maximum atomic E-state index is 10.5. The molecule has 0 bridgehead atoms. The largest absolute Gasteiger partial charge is 0.481 e. The van der Waals surface area contributed by atoms with Crippen LogP contribution in [-0.4, -0.2) is 34.9 Å². The highest BCUT2D eigenvalue weighted by Crippen LogP contribution is 2.25. The number of ether oxygens (including phenoxy) is 2. The zero-order valence-corrected chi connectivity index (χ0v) is 14.8. The first-order valence-corrected chi connectivity index (χ1v) is 9.15. The Hall–Kier alpha value is -2.18. The summed E-state index contributed by atoms with van der Waals surface area (Å²) in [6.07, 6.45) is 6.57. The van der Waals surface area contributed by atoms with E-state index in [1.54, 1.807) is 6.26 Å². The normalized spacial score (nSPS) is 20.2. The SMILES string of the molecule is O=C(O)CCCOC1CCCC(OCc2coc(-c3ccccc3)n2)C1. The molecule has 0 amide bonds. The van der Waals surface area contributed by atoms with Crippen LogP contribution in [-0.2, 0) is 20.9 Å². The van der Waals surface area contributed by atoms with Crippen molar-refractivity contribution in [3.8, 4) is 11.5 Å². The van der Waals surface area contributed by atoms with E-state index in [9.17, 15) is 4.79 Å². The summed E-state index contributed by atoms with van der Waals surface area (Å²) in [5, 5.41) is 8.66. The van der Waals surface area contributed by atoms with Crippen LogP contribution in [0.2, 0.25) is 0 Å². The molecule has 0 aliphatic heterocycles. The number of carbonyl (C=O) groups is 1. The van der Waals surface area contributed by atoms with Gasteiger partial charge in [0.25, 0.3) is 0 Å². The van der Waals surface area contributed by atoms with Gasteiger partial charge in [0, 0.05) is 18.6 Å². The second-order valence-corrected chi connectivity index (χ2v) is 6.60. The van der Waals surface area contributed by atoms with Crippen molar-refractivity contribution in [1.29, 1.82) is 0 Å². The number of oxazole rings is 1. The number of aromatic nitrogens is 1. The Morgan fingerprint density at radius 3 is 2.73 bits per heavy atom. The zero-order chi connectivity index (χ0) is 18.2. The van der Waals surface area contributed by atoms with Gasteiger partial charge in [0.15, 0.2) is 0 Å². The molecule has 1 aromatic carbocycles. The summed E-state index contributed by atoms with van der Waals surface area (Å²) >= 11 is 0. The van der Waals surface area contributed by atoms with Crippen molar-refractivity contribution in [2.45, 2.75) is 57.3 Å². The van der Waals surface area contributed by atoms with Crippen LogP contribution in [0, 0.1) is 0 Å². The van der Waals surface area contributed by atoms with E-state index in [0.29, 0.717) is 25.5 Å². The first-order chi connectivity index (χ1) is 12.7. The summed E-state index contributed by atoms with van der Waals surface area (Å²) in [6, 6.07) is 9.79. The van der Waals surface area contributed by atoms with Crippen molar-refractivity contribution >= 4 is 5.97 Å². The summed E-state index contributed by atoms with van der Waals surface area (Å²) in [4.78, 5) is 15.0. The predicted molar refractivity (Wildman–Crippen MR) is 95.6 cm³/mol. The van der Waals surface area contributed by atoms with Gasteiger partial charge >= 0.3 is 5.97 Å². The third kappa shape index (κ3) is 5.68. The standard InChI is InChI=1S/C20H25NO5/c22-19(23)10-5-11-24-17-8-4-9-18(12-17)25-13-16-14-26-20(21-16)15-6-2-1-3-7-15/h1-3,6-7,14,17-18H,4-5,8-13H2,(H,22,23). The molecule has 1 aliphatic rings. The third-order valence-corrected chi connectivity index (χ3v) is 4.51. The number of benzene rings is 1. The number of hydrogen-bond acceptors (Lipinski definition) is 5. The Kier molecular flexibility index (Phi) is 6.80. The molecule has 26 heavy (non-hydrogen) atoms. The van der Waals surface area contributed by atoms with Crippen molar-refractivity contribution < 1.29 is 23.8 Å². The molecular formula is C20H25NO5. The minimum absolute atomic E-state index is 0.144. The second kappa shape index (κ2) is 9.50. The molecule has 6 heteroatoms. The fourth-order valence-electron chi connectivity index (χ4n) is 3.17. The predicted octanol–water partition coefficient (Wildman–Crippen LogP) is 4.05. The van der Waals surface area contributed by atoms with Crippen LogP contribution in [0.3, 0.4) is 0 Å². The number of rotatable bonds is 9. The van der Waals surface area contributed by atoms with Crippen LogP contribution in [0.15, 0.2) is 41.0 Å². The van der Waals surface area contributed by atoms with E-state index < -0.39 is 5.97 Å². The summed E-state index contributed by atoms with van der Waals surface area (Å²) in [6.45, 7) is 0.917. The lowest BCUT2D eigenvalue weighted by Crippen LogP contribution is -2.28. The van der Waals surface area contributed by atoms with Crippen LogP contribution >= 0.6 is 0 Å². The molecule has 2 atom stereocenters. The molecular weight excluding hydrogens is 334 g/mol. The van der Waals surface area contributed by atoms with Gasteiger partial charge in [-0.25, -0.2) is 4.98 Å². The molecule has 2 aromatic rings. The number of nitrogens with zero attached hydrogens (tertiary/aromatic N) is 1. The van der Waals surface area contributed by atoms with E-state index in [-0.39, 0.29) is 18.6 Å². The molecule has 2 unspecified atom stereocenters. The molecule has 1 fully saturated rings. The van der Waals surface area contributed by atoms with Gasteiger partial charge in [-0.1, -0.05) is 18.2 Å². The molecule has 6 nitrogen and oxygen atoms in total. The Morgan fingerprint density at radius 1 is 1.19 bits per heavy atom. The molecule has 1 aliphatic carbocycles. The van der Waals surface area contributed by atoms with Crippen molar-refractivity contribution in [1.82, 2.24) is 4.98 Å². The Labute approximate surface area is 153 Å². The molecule has 1 N–H and O–H groups in total. The van der Waals surface area contributed by atoms with Crippen LogP contribution < -0.4 is 0 Å². The molecule has 140 valence electrons. The van der Waals surface area contributed by atoms with Gasteiger partial charge in [0.05, 0.1) is 18.8 Å². The topological polar surface area (TPSA) is 81.8 Å². The number of aliphatic carboxylic acids is 1. The Morgan fingerprint density at radius 2 is 1.96 bits per heavy atom. The van der Waals surface area contributed by atoms with Gasteiger partial charge in [0.1, 0.15) is 12.0 Å². The minimum atomic E-state index is -0.777. The van der Waals surface area contributed by atoms with Crippen LogP contribution in [0.25, 0.3) is 11.5 Å². The smallest absolute Gasteiger partial charge is 0.303 e. The molecule has 0 spiro atoms. The summed E-state index contributed by atoms with van der Waals surface area (Å²) < 4.78 is 17.3. The fourth-order valence-corrected chi connectivity index (χ4v) is 3.17. The summed E-state index contributed by atoms with van der Waals surface area (Å²) in [7, 11) is 0. The second-order valence-electron chi connectivity index (χ2n) is 6.60. The molecule has 1 aromatic heterocycles. The summed E-state index contributed by atoms with van der Waals surface area (Å²) in [5.74, 6) is -0.173. The average Bonchev–Trinajstić information content (AvgIpc) is 3.14. The van der Waals surface area contributed by atoms with Gasteiger partial charge in [-0.05, 0) is 44.2 Å². The highest BCUT2D eigenvalue weighted by Gasteiger charge is 2.23.